The van der Waals surface area contributed by atoms with Gasteiger partial charge in [0.05, 0.1) is 5.69 Å². The third-order valence-corrected chi connectivity index (χ3v) is 3.26. The highest BCUT2D eigenvalue weighted by atomic mass is 79.9. The van der Waals surface area contributed by atoms with Crippen LogP contribution >= 0.6 is 27.3 Å². The fourth-order valence-corrected chi connectivity index (χ4v) is 2.28. The number of carbonyl (C=O) groups is 1. The summed E-state index contributed by atoms with van der Waals surface area (Å²) in [5, 5.41) is 1.96. The minimum Gasteiger partial charge on any atom is -0.446 e. The first-order valence-electron chi connectivity index (χ1n) is 3.74. The number of thiazole rings is 1. The normalized spacial score (nSPS) is 25.6. The molecule has 1 aromatic rings. The Bertz CT molecular complexity index is 341. The van der Waals surface area contributed by atoms with E-state index in [4.69, 9.17) is 10.5 Å². The van der Waals surface area contributed by atoms with Crippen molar-refractivity contribution in [2.75, 3.05) is 0 Å². The number of hydrogen-bond acceptors (Lipinski definition) is 4. The predicted octanol–water partition coefficient (Wildman–Crippen LogP) is 1.86. The molecule has 0 spiro atoms. The van der Waals surface area contributed by atoms with E-state index in [1.165, 1.54) is 11.3 Å². The van der Waals surface area contributed by atoms with Gasteiger partial charge >= 0.3 is 6.09 Å². The Morgan fingerprint density at radius 2 is 2.62 bits per heavy atom. The second kappa shape index (κ2) is 3.26. The molecule has 6 heteroatoms. The monoisotopic (exact) mass is 262 g/mol. The number of amides is 1. The SMILES string of the molecule is NC(=O)O[C@@H]1C[C@H]1c1csc(Br)n1. The number of halogens is 1. The van der Waals surface area contributed by atoms with E-state index in [0.29, 0.717) is 0 Å². The summed E-state index contributed by atoms with van der Waals surface area (Å²) in [6.45, 7) is 0. The average Bonchev–Trinajstić information content (AvgIpc) is 2.63. The number of nitrogens with two attached hydrogens (primary N) is 1. The molecular formula is C7H7BrN2O2S. The maximum Gasteiger partial charge on any atom is 0.404 e. The lowest BCUT2D eigenvalue weighted by Crippen LogP contribution is -2.14. The number of hydrogen-bond donors (Lipinski definition) is 1. The molecule has 0 aromatic carbocycles. The van der Waals surface area contributed by atoms with Crippen LogP contribution in [0.4, 0.5) is 4.79 Å². The molecule has 70 valence electrons. The second-order valence-electron chi connectivity index (χ2n) is 2.84. The Kier molecular flexibility index (Phi) is 2.25. The number of ether oxygens (including phenoxy) is 1. The van der Waals surface area contributed by atoms with Crippen LogP contribution in [0.25, 0.3) is 0 Å². The molecule has 1 aliphatic rings. The Hall–Kier alpha value is -0.620. The lowest BCUT2D eigenvalue weighted by molar-refractivity contribution is 0.147. The van der Waals surface area contributed by atoms with E-state index in [0.717, 1.165) is 16.0 Å². The summed E-state index contributed by atoms with van der Waals surface area (Å²) in [5.74, 6) is 0.245. The van der Waals surface area contributed by atoms with Gasteiger partial charge in [0, 0.05) is 11.3 Å². The lowest BCUT2D eigenvalue weighted by atomic mass is 10.3. The quantitative estimate of drug-likeness (QED) is 0.885. The maximum absolute atomic E-state index is 10.4. The zero-order chi connectivity index (χ0) is 9.42. The predicted molar refractivity (Wildman–Crippen MR) is 51.6 cm³/mol. The molecule has 2 rings (SSSR count). The van der Waals surface area contributed by atoms with Gasteiger partial charge in [-0.1, -0.05) is 0 Å². The van der Waals surface area contributed by atoms with Crippen molar-refractivity contribution in [2.45, 2.75) is 18.4 Å². The second-order valence-corrected chi connectivity index (χ2v) is 4.98. The summed E-state index contributed by atoms with van der Waals surface area (Å²) < 4.78 is 5.68. The molecule has 13 heavy (non-hydrogen) atoms. The number of rotatable bonds is 2. The first kappa shape index (κ1) is 8.96. The van der Waals surface area contributed by atoms with Crippen molar-refractivity contribution in [1.82, 2.24) is 4.98 Å². The van der Waals surface area contributed by atoms with Gasteiger partial charge < -0.3 is 10.5 Å². The van der Waals surface area contributed by atoms with Gasteiger partial charge in [-0.2, -0.15) is 0 Å². The van der Waals surface area contributed by atoms with Gasteiger partial charge in [0.15, 0.2) is 3.92 Å². The van der Waals surface area contributed by atoms with Crippen molar-refractivity contribution < 1.29 is 9.53 Å². The topological polar surface area (TPSA) is 65.2 Å². The standard InChI is InChI=1S/C7H7BrN2O2S/c8-6-10-4(2-13-6)3-1-5(3)12-7(9)11/h2-3,5H,1H2,(H2,9,11)/t3-,5+/m0/s1. The molecule has 2 atom stereocenters. The Labute approximate surface area is 87.2 Å². The number of carbonyl (C=O) groups excluding carboxylic acids is 1. The summed E-state index contributed by atoms with van der Waals surface area (Å²) >= 11 is 4.80. The molecule has 1 heterocycles. The molecule has 1 aromatic heterocycles. The van der Waals surface area contributed by atoms with Crippen LogP contribution in [0.1, 0.15) is 18.0 Å². The number of primary amides is 1. The van der Waals surface area contributed by atoms with E-state index in [2.05, 4.69) is 20.9 Å². The van der Waals surface area contributed by atoms with E-state index in [1.807, 2.05) is 5.38 Å². The van der Waals surface area contributed by atoms with Gasteiger partial charge in [0.2, 0.25) is 0 Å². The third-order valence-electron chi connectivity index (χ3n) is 1.87. The fraction of sp³-hybridized carbons (Fsp3) is 0.429. The Balaban J connectivity index is 1.96. The molecule has 2 N–H and O–H groups in total. The molecule has 0 bridgehead atoms. The van der Waals surface area contributed by atoms with Crippen LogP contribution in [-0.4, -0.2) is 17.2 Å². The minimum atomic E-state index is -0.707. The highest BCUT2D eigenvalue weighted by molar-refractivity contribution is 9.11. The maximum atomic E-state index is 10.4. The van der Waals surface area contributed by atoms with Crippen molar-refractivity contribution in [3.63, 3.8) is 0 Å². The molecule has 0 aliphatic heterocycles. The van der Waals surface area contributed by atoms with Crippen molar-refractivity contribution in [3.8, 4) is 0 Å². The molecule has 1 aliphatic carbocycles. The van der Waals surface area contributed by atoms with Gasteiger partial charge in [-0.15, -0.1) is 11.3 Å². The van der Waals surface area contributed by atoms with E-state index in [1.54, 1.807) is 0 Å². The van der Waals surface area contributed by atoms with Gasteiger partial charge in [-0.05, 0) is 22.4 Å². The van der Waals surface area contributed by atoms with Crippen LogP contribution in [0.15, 0.2) is 9.30 Å². The van der Waals surface area contributed by atoms with Gasteiger partial charge in [-0.25, -0.2) is 9.78 Å². The zero-order valence-electron chi connectivity index (χ0n) is 6.57. The van der Waals surface area contributed by atoms with Gasteiger partial charge in [-0.3, -0.25) is 0 Å². The molecular weight excluding hydrogens is 256 g/mol. The first-order valence-corrected chi connectivity index (χ1v) is 5.41. The fourth-order valence-electron chi connectivity index (χ4n) is 1.20. The van der Waals surface area contributed by atoms with E-state index >= 15 is 0 Å². The molecule has 0 radical (unpaired) electrons. The summed E-state index contributed by atoms with van der Waals surface area (Å²) in [6.07, 6.45) is 0.0624. The minimum absolute atomic E-state index is 0.0634. The van der Waals surface area contributed by atoms with Gasteiger partial charge in [0.1, 0.15) is 6.10 Å². The van der Waals surface area contributed by atoms with Crippen LogP contribution in [0.3, 0.4) is 0 Å². The molecule has 0 saturated heterocycles. The third kappa shape index (κ3) is 2.00. The van der Waals surface area contributed by atoms with Crippen molar-refractivity contribution in [2.24, 2.45) is 5.73 Å². The van der Waals surface area contributed by atoms with Crippen LogP contribution in [0, 0.1) is 0 Å². The summed E-state index contributed by atoms with van der Waals surface area (Å²) in [6, 6.07) is 0. The first-order chi connectivity index (χ1) is 6.16. The van der Waals surface area contributed by atoms with Crippen LogP contribution in [0.2, 0.25) is 0 Å². The highest BCUT2D eigenvalue weighted by Gasteiger charge is 2.43. The Morgan fingerprint density at radius 1 is 1.85 bits per heavy atom. The average molecular weight is 263 g/mol. The number of aromatic nitrogens is 1. The van der Waals surface area contributed by atoms with E-state index < -0.39 is 6.09 Å². The highest BCUT2D eigenvalue weighted by Crippen LogP contribution is 2.43. The van der Waals surface area contributed by atoms with Crippen LogP contribution in [0.5, 0.6) is 0 Å². The van der Waals surface area contributed by atoms with E-state index in [9.17, 15) is 4.79 Å². The lowest BCUT2D eigenvalue weighted by Gasteiger charge is -1.96. The summed E-state index contributed by atoms with van der Waals surface area (Å²) in [5.41, 5.74) is 5.87. The van der Waals surface area contributed by atoms with Crippen LogP contribution in [-0.2, 0) is 4.74 Å². The van der Waals surface area contributed by atoms with Crippen LogP contribution < -0.4 is 5.73 Å². The van der Waals surface area contributed by atoms with E-state index in [-0.39, 0.29) is 12.0 Å². The molecule has 1 amide bonds. The van der Waals surface area contributed by atoms with Gasteiger partial charge in [0.25, 0.3) is 0 Å². The largest absolute Gasteiger partial charge is 0.446 e. The van der Waals surface area contributed by atoms with Crippen molar-refractivity contribution in [3.05, 3.63) is 15.0 Å². The molecule has 1 fully saturated rings. The smallest absolute Gasteiger partial charge is 0.404 e. The van der Waals surface area contributed by atoms with Crippen molar-refractivity contribution >= 4 is 33.4 Å². The molecule has 0 unspecified atom stereocenters. The summed E-state index contributed by atoms with van der Waals surface area (Å²) in [4.78, 5) is 14.6. The van der Waals surface area contributed by atoms with Crippen molar-refractivity contribution in [1.29, 1.82) is 0 Å². The molecule has 4 nitrogen and oxygen atoms in total. The molecule has 1 saturated carbocycles. The Morgan fingerprint density at radius 3 is 3.15 bits per heavy atom. The number of nitrogens with zero attached hydrogens (tertiary/aromatic N) is 1. The summed E-state index contributed by atoms with van der Waals surface area (Å²) in [7, 11) is 0. The zero-order valence-corrected chi connectivity index (χ0v) is 8.97.